The molecule has 0 aliphatic carbocycles. The molecule has 0 spiro atoms. The van der Waals surface area contributed by atoms with Crippen LogP contribution < -0.4 is 5.73 Å². The molecule has 1 heterocycles. The Bertz CT molecular complexity index is 499. The highest BCUT2D eigenvalue weighted by Gasteiger charge is 2.13. The summed E-state index contributed by atoms with van der Waals surface area (Å²) in [6, 6.07) is 4.33. The van der Waals surface area contributed by atoms with E-state index in [-0.39, 0.29) is 11.4 Å². The summed E-state index contributed by atoms with van der Waals surface area (Å²) in [5.41, 5.74) is 6.80. The average Bonchev–Trinajstić information content (AvgIpc) is 2.55. The molecule has 3 nitrogen and oxygen atoms in total. The molecule has 0 saturated carbocycles. The van der Waals surface area contributed by atoms with Crippen molar-refractivity contribution < 1.29 is 8.81 Å². The summed E-state index contributed by atoms with van der Waals surface area (Å²) in [6.07, 6.45) is 1.45. The van der Waals surface area contributed by atoms with E-state index in [2.05, 4.69) is 4.98 Å². The fourth-order valence-corrected chi connectivity index (χ4v) is 1.48. The molecule has 86 valence electrons. The van der Waals surface area contributed by atoms with Crippen LogP contribution in [0.1, 0.15) is 26.2 Å². The fourth-order valence-electron chi connectivity index (χ4n) is 1.48. The maximum atomic E-state index is 12.9. The Kier molecular flexibility index (Phi) is 2.68. The third kappa shape index (κ3) is 2.58. The maximum Gasteiger partial charge on any atom is 0.195 e. The van der Waals surface area contributed by atoms with Gasteiger partial charge in [-0.05, 0) is 32.4 Å². The second-order valence-corrected chi connectivity index (χ2v) is 4.71. The van der Waals surface area contributed by atoms with Gasteiger partial charge in [-0.25, -0.2) is 9.37 Å². The molecule has 0 radical (unpaired) electrons. The quantitative estimate of drug-likeness (QED) is 0.868. The van der Waals surface area contributed by atoms with Crippen LogP contribution in [0.4, 0.5) is 4.39 Å². The first-order valence-corrected chi connectivity index (χ1v) is 5.28. The molecule has 0 saturated heterocycles. The summed E-state index contributed by atoms with van der Waals surface area (Å²) in [7, 11) is 0. The summed E-state index contributed by atoms with van der Waals surface area (Å²) in [6.45, 7) is 3.91. The number of hydrogen-bond acceptors (Lipinski definition) is 3. The van der Waals surface area contributed by atoms with Crippen LogP contribution in [-0.4, -0.2) is 10.5 Å². The van der Waals surface area contributed by atoms with Gasteiger partial charge in [-0.2, -0.15) is 0 Å². The molecule has 16 heavy (non-hydrogen) atoms. The number of nitrogens with two attached hydrogens (primary N) is 1. The molecule has 0 fully saturated rings. The van der Waals surface area contributed by atoms with Crippen molar-refractivity contribution in [1.82, 2.24) is 4.98 Å². The van der Waals surface area contributed by atoms with E-state index < -0.39 is 0 Å². The van der Waals surface area contributed by atoms with Gasteiger partial charge in [0, 0.05) is 18.0 Å². The van der Waals surface area contributed by atoms with Crippen LogP contribution in [0, 0.1) is 5.82 Å². The number of oxazole rings is 1. The zero-order valence-electron chi connectivity index (χ0n) is 9.46. The molecule has 0 amide bonds. The van der Waals surface area contributed by atoms with Crippen LogP contribution in [0.15, 0.2) is 22.6 Å². The van der Waals surface area contributed by atoms with E-state index in [0.29, 0.717) is 23.4 Å². The fraction of sp³-hybridized carbons (Fsp3) is 0.417. The Labute approximate surface area is 93.5 Å². The predicted molar refractivity (Wildman–Crippen MR) is 60.6 cm³/mol. The van der Waals surface area contributed by atoms with Crippen molar-refractivity contribution in [3.05, 3.63) is 29.9 Å². The summed E-state index contributed by atoms with van der Waals surface area (Å²) in [5.74, 6) is 0.311. The van der Waals surface area contributed by atoms with Gasteiger partial charge in [0.2, 0.25) is 0 Å². The largest absolute Gasteiger partial charge is 0.441 e. The van der Waals surface area contributed by atoms with Gasteiger partial charge in [0.1, 0.15) is 11.3 Å². The predicted octanol–water partition coefficient (Wildman–Crippen LogP) is 2.64. The topological polar surface area (TPSA) is 52.0 Å². The van der Waals surface area contributed by atoms with Gasteiger partial charge in [0.05, 0.1) is 0 Å². The lowest BCUT2D eigenvalue weighted by molar-refractivity contribution is 0.435. The van der Waals surface area contributed by atoms with Crippen molar-refractivity contribution in [3.8, 4) is 0 Å². The number of halogens is 1. The summed E-state index contributed by atoms with van der Waals surface area (Å²) < 4.78 is 18.4. The Morgan fingerprint density at radius 2 is 2.19 bits per heavy atom. The van der Waals surface area contributed by atoms with Gasteiger partial charge < -0.3 is 10.2 Å². The highest BCUT2D eigenvalue weighted by atomic mass is 19.1. The Hall–Kier alpha value is -1.42. The van der Waals surface area contributed by atoms with Crippen LogP contribution in [0.3, 0.4) is 0 Å². The molecule has 0 atom stereocenters. The van der Waals surface area contributed by atoms with Gasteiger partial charge >= 0.3 is 0 Å². The van der Waals surface area contributed by atoms with Gasteiger partial charge in [-0.3, -0.25) is 0 Å². The highest BCUT2D eigenvalue weighted by molar-refractivity contribution is 5.72. The van der Waals surface area contributed by atoms with Crippen molar-refractivity contribution >= 4 is 11.1 Å². The van der Waals surface area contributed by atoms with E-state index in [1.165, 1.54) is 12.1 Å². The number of aryl methyl sites for hydroxylation is 1. The molecule has 4 heteroatoms. The van der Waals surface area contributed by atoms with Crippen LogP contribution in [0.5, 0.6) is 0 Å². The van der Waals surface area contributed by atoms with Gasteiger partial charge in [-0.15, -0.1) is 0 Å². The lowest BCUT2D eigenvalue weighted by Crippen LogP contribution is -2.32. The van der Waals surface area contributed by atoms with Crippen molar-refractivity contribution in [1.29, 1.82) is 0 Å². The lowest BCUT2D eigenvalue weighted by atomic mass is 10.0. The first-order valence-electron chi connectivity index (χ1n) is 5.28. The van der Waals surface area contributed by atoms with Crippen molar-refractivity contribution in [2.45, 2.75) is 32.2 Å². The minimum absolute atomic E-state index is 0.244. The number of aromatic nitrogens is 1. The first kappa shape index (κ1) is 11.1. The number of hydrogen-bond donors (Lipinski definition) is 1. The van der Waals surface area contributed by atoms with Crippen molar-refractivity contribution in [3.63, 3.8) is 0 Å². The molecular formula is C12H15FN2O. The van der Waals surface area contributed by atoms with Crippen molar-refractivity contribution in [2.75, 3.05) is 0 Å². The van der Waals surface area contributed by atoms with Gasteiger partial charge in [0.15, 0.2) is 11.5 Å². The molecule has 0 aliphatic rings. The molecular weight excluding hydrogens is 207 g/mol. The van der Waals surface area contributed by atoms with E-state index in [0.717, 1.165) is 6.42 Å². The average molecular weight is 222 g/mol. The lowest BCUT2D eigenvalue weighted by Gasteiger charge is -2.16. The monoisotopic (exact) mass is 222 g/mol. The molecule has 0 unspecified atom stereocenters. The van der Waals surface area contributed by atoms with E-state index in [1.807, 2.05) is 13.8 Å². The first-order chi connectivity index (χ1) is 7.44. The molecule has 1 aromatic carbocycles. The number of fused-ring (bicyclic) bond motifs is 1. The Morgan fingerprint density at radius 1 is 1.44 bits per heavy atom. The maximum absolute atomic E-state index is 12.9. The molecule has 0 aliphatic heterocycles. The molecule has 2 rings (SSSR count). The van der Waals surface area contributed by atoms with Gasteiger partial charge in [0.25, 0.3) is 0 Å². The van der Waals surface area contributed by atoms with E-state index in [4.69, 9.17) is 10.2 Å². The van der Waals surface area contributed by atoms with Gasteiger partial charge in [-0.1, -0.05) is 0 Å². The second-order valence-electron chi connectivity index (χ2n) is 4.71. The van der Waals surface area contributed by atoms with Crippen LogP contribution >= 0.6 is 0 Å². The zero-order chi connectivity index (χ0) is 11.8. The molecule has 2 N–H and O–H groups in total. The Morgan fingerprint density at radius 3 is 2.88 bits per heavy atom. The second kappa shape index (κ2) is 3.87. The zero-order valence-corrected chi connectivity index (χ0v) is 9.46. The normalized spacial score (nSPS) is 12.2. The molecule has 1 aromatic heterocycles. The summed E-state index contributed by atoms with van der Waals surface area (Å²) >= 11 is 0. The number of benzene rings is 1. The minimum Gasteiger partial charge on any atom is -0.441 e. The number of nitrogens with zero attached hydrogens (tertiary/aromatic N) is 1. The van der Waals surface area contributed by atoms with Crippen LogP contribution in [0.2, 0.25) is 0 Å². The highest BCUT2D eigenvalue weighted by Crippen LogP contribution is 2.18. The molecule has 2 aromatic rings. The van der Waals surface area contributed by atoms with E-state index in [9.17, 15) is 4.39 Å². The summed E-state index contributed by atoms with van der Waals surface area (Å²) in [4.78, 5) is 4.21. The van der Waals surface area contributed by atoms with Crippen molar-refractivity contribution in [2.24, 2.45) is 5.73 Å². The van der Waals surface area contributed by atoms with E-state index in [1.54, 1.807) is 6.07 Å². The minimum atomic E-state index is -0.300. The van der Waals surface area contributed by atoms with Crippen LogP contribution in [0.25, 0.3) is 11.1 Å². The SMILES string of the molecule is CC(C)(N)CCc1nc2cc(F)ccc2o1. The number of rotatable bonds is 3. The third-order valence-electron chi connectivity index (χ3n) is 2.38. The third-order valence-corrected chi connectivity index (χ3v) is 2.38. The Balaban J connectivity index is 2.20. The van der Waals surface area contributed by atoms with Crippen LogP contribution in [-0.2, 0) is 6.42 Å². The summed E-state index contributed by atoms with van der Waals surface area (Å²) in [5, 5.41) is 0. The molecule has 0 bridgehead atoms. The smallest absolute Gasteiger partial charge is 0.195 e. The standard InChI is InChI=1S/C12H15FN2O/c1-12(2,14)6-5-11-15-9-7-8(13)3-4-10(9)16-11/h3-4,7H,5-6,14H2,1-2H3. The van der Waals surface area contributed by atoms with E-state index >= 15 is 0 Å².